The lowest BCUT2D eigenvalue weighted by atomic mass is 10.2. The summed E-state index contributed by atoms with van der Waals surface area (Å²) in [6.45, 7) is 6.36. The maximum absolute atomic E-state index is 5.89. The Kier molecular flexibility index (Phi) is 1.39. The molecule has 3 atom stereocenters. The topological polar surface area (TPSA) is 26.0 Å². The number of nitrogens with two attached hydrogens (primary N) is 1. The Bertz CT molecular complexity index is 136. The summed E-state index contributed by atoms with van der Waals surface area (Å²) in [4.78, 5) is 0. The van der Waals surface area contributed by atoms with Gasteiger partial charge < -0.3 is 5.73 Å². The molecule has 3 unspecified atom stereocenters. The highest BCUT2D eigenvalue weighted by Gasteiger charge is 2.53. The fraction of sp³-hybridized carbons (Fsp3) is 0.750. The molecule has 0 aliphatic heterocycles. The summed E-state index contributed by atoms with van der Waals surface area (Å²) >= 11 is 0. The van der Waals surface area contributed by atoms with Crippen LogP contribution in [0.2, 0.25) is 0 Å². The monoisotopic (exact) mass is 125 g/mol. The van der Waals surface area contributed by atoms with Crippen LogP contribution in [0.3, 0.4) is 0 Å². The first-order valence-corrected chi connectivity index (χ1v) is 3.52. The average molecular weight is 125 g/mol. The Morgan fingerprint density at radius 3 is 2.11 bits per heavy atom. The second-order valence-corrected chi connectivity index (χ2v) is 3.21. The van der Waals surface area contributed by atoms with E-state index in [1.807, 2.05) is 6.92 Å². The predicted molar refractivity (Wildman–Crippen MR) is 40.1 cm³/mol. The number of allylic oxidation sites excluding steroid dienone is 1. The Labute approximate surface area is 56.9 Å². The lowest BCUT2D eigenvalue weighted by molar-refractivity contribution is 0.675. The molecule has 2 N–H and O–H groups in total. The molecular weight excluding hydrogens is 110 g/mol. The molecule has 1 rings (SSSR count). The van der Waals surface area contributed by atoms with Crippen molar-refractivity contribution in [3.63, 3.8) is 0 Å². The molecule has 1 heteroatoms. The molecule has 1 aliphatic carbocycles. The van der Waals surface area contributed by atoms with Crippen LogP contribution < -0.4 is 5.73 Å². The van der Waals surface area contributed by atoms with Crippen molar-refractivity contribution in [3.05, 3.63) is 12.2 Å². The molecule has 1 nitrogen and oxygen atoms in total. The fourth-order valence-electron chi connectivity index (χ4n) is 1.38. The van der Waals surface area contributed by atoms with E-state index < -0.39 is 0 Å². The lowest BCUT2D eigenvalue weighted by Crippen LogP contribution is -2.20. The third-order valence-corrected chi connectivity index (χ3v) is 2.53. The third kappa shape index (κ3) is 0.897. The zero-order valence-electron chi connectivity index (χ0n) is 6.39. The standard InChI is InChI=1S/C8H15N/c1-4-5-7-6(2)8(7,3)9/h4-7H,9H2,1-3H3/b5-4-. The largest absolute Gasteiger partial charge is 0.325 e. The van der Waals surface area contributed by atoms with Gasteiger partial charge in [0.2, 0.25) is 0 Å². The predicted octanol–water partition coefficient (Wildman–Crippen LogP) is 1.55. The Morgan fingerprint density at radius 2 is 2.00 bits per heavy atom. The Hall–Kier alpha value is -0.300. The zero-order valence-corrected chi connectivity index (χ0v) is 6.39. The van der Waals surface area contributed by atoms with Gasteiger partial charge >= 0.3 is 0 Å². The minimum atomic E-state index is 0.0898. The maximum atomic E-state index is 5.89. The van der Waals surface area contributed by atoms with Gasteiger partial charge in [0.05, 0.1) is 0 Å². The number of rotatable bonds is 1. The molecule has 0 spiro atoms. The Morgan fingerprint density at radius 1 is 1.56 bits per heavy atom. The molecule has 1 saturated carbocycles. The molecule has 0 saturated heterocycles. The van der Waals surface area contributed by atoms with Gasteiger partial charge in [0, 0.05) is 5.54 Å². The van der Waals surface area contributed by atoms with Gasteiger partial charge in [-0.2, -0.15) is 0 Å². The summed E-state index contributed by atoms with van der Waals surface area (Å²) < 4.78 is 0. The van der Waals surface area contributed by atoms with Crippen LogP contribution in [0, 0.1) is 11.8 Å². The highest BCUT2D eigenvalue weighted by atomic mass is 14.9. The first-order chi connectivity index (χ1) is 4.10. The molecule has 0 amide bonds. The van der Waals surface area contributed by atoms with Gasteiger partial charge in [0.1, 0.15) is 0 Å². The SMILES string of the molecule is C/C=C\C1C(C)C1(C)N. The summed E-state index contributed by atoms with van der Waals surface area (Å²) in [5.74, 6) is 1.30. The van der Waals surface area contributed by atoms with Crippen molar-refractivity contribution in [2.45, 2.75) is 26.3 Å². The van der Waals surface area contributed by atoms with E-state index in [2.05, 4.69) is 26.0 Å². The summed E-state index contributed by atoms with van der Waals surface area (Å²) in [6, 6.07) is 0. The van der Waals surface area contributed by atoms with Crippen molar-refractivity contribution in [3.8, 4) is 0 Å². The van der Waals surface area contributed by atoms with Crippen LogP contribution >= 0.6 is 0 Å². The second-order valence-electron chi connectivity index (χ2n) is 3.21. The van der Waals surface area contributed by atoms with Gasteiger partial charge in [-0.25, -0.2) is 0 Å². The number of hydrogen-bond donors (Lipinski definition) is 1. The van der Waals surface area contributed by atoms with Crippen LogP contribution in [0.25, 0.3) is 0 Å². The van der Waals surface area contributed by atoms with Gasteiger partial charge in [-0.05, 0) is 25.7 Å². The van der Waals surface area contributed by atoms with Crippen molar-refractivity contribution in [1.82, 2.24) is 0 Å². The van der Waals surface area contributed by atoms with E-state index in [4.69, 9.17) is 5.73 Å². The van der Waals surface area contributed by atoms with Crippen LogP contribution in [0.5, 0.6) is 0 Å². The zero-order chi connectivity index (χ0) is 7.07. The van der Waals surface area contributed by atoms with E-state index in [9.17, 15) is 0 Å². The van der Waals surface area contributed by atoms with Crippen molar-refractivity contribution in [1.29, 1.82) is 0 Å². The quantitative estimate of drug-likeness (QED) is 0.529. The molecule has 1 aliphatic rings. The van der Waals surface area contributed by atoms with E-state index in [1.54, 1.807) is 0 Å². The normalized spacial score (nSPS) is 50.2. The molecule has 9 heavy (non-hydrogen) atoms. The third-order valence-electron chi connectivity index (χ3n) is 2.53. The molecule has 1 fully saturated rings. The average Bonchev–Trinajstić information content (AvgIpc) is 2.19. The van der Waals surface area contributed by atoms with Gasteiger partial charge in [-0.15, -0.1) is 0 Å². The van der Waals surface area contributed by atoms with Crippen molar-refractivity contribution >= 4 is 0 Å². The van der Waals surface area contributed by atoms with E-state index in [0.717, 1.165) is 0 Å². The van der Waals surface area contributed by atoms with Gasteiger partial charge in [-0.3, -0.25) is 0 Å². The minimum absolute atomic E-state index is 0.0898. The summed E-state index contributed by atoms with van der Waals surface area (Å²) in [5.41, 5.74) is 5.98. The molecule has 0 aromatic heterocycles. The van der Waals surface area contributed by atoms with Crippen LogP contribution in [0.4, 0.5) is 0 Å². The first kappa shape index (κ1) is 6.81. The minimum Gasteiger partial charge on any atom is -0.325 e. The Balaban J connectivity index is 2.52. The highest BCUT2D eigenvalue weighted by Crippen LogP contribution is 2.48. The second kappa shape index (κ2) is 1.84. The highest BCUT2D eigenvalue weighted by molar-refractivity contribution is 5.18. The molecular formula is C8H15N. The lowest BCUT2D eigenvalue weighted by Gasteiger charge is -1.96. The number of hydrogen-bond acceptors (Lipinski definition) is 1. The molecule has 52 valence electrons. The van der Waals surface area contributed by atoms with Crippen LogP contribution in [-0.2, 0) is 0 Å². The summed E-state index contributed by atoms with van der Waals surface area (Å²) in [5, 5.41) is 0. The van der Waals surface area contributed by atoms with Gasteiger partial charge in [0.15, 0.2) is 0 Å². The summed E-state index contributed by atoms with van der Waals surface area (Å²) in [6.07, 6.45) is 4.28. The van der Waals surface area contributed by atoms with Gasteiger partial charge in [-0.1, -0.05) is 19.1 Å². The van der Waals surface area contributed by atoms with Gasteiger partial charge in [0.25, 0.3) is 0 Å². The fourth-order valence-corrected chi connectivity index (χ4v) is 1.38. The molecule has 0 aromatic rings. The molecule has 0 heterocycles. The van der Waals surface area contributed by atoms with E-state index >= 15 is 0 Å². The van der Waals surface area contributed by atoms with Crippen LogP contribution in [0.1, 0.15) is 20.8 Å². The maximum Gasteiger partial charge on any atom is 0.0224 e. The first-order valence-electron chi connectivity index (χ1n) is 3.52. The van der Waals surface area contributed by atoms with Crippen LogP contribution in [0.15, 0.2) is 12.2 Å². The molecule has 0 radical (unpaired) electrons. The summed E-state index contributed by atoms with van der Waals surface area (Å²) in [7, 11) is 0. The van der Waals surface area contributed by atoms with Crippen molar-refractivity contribution < 1.29 is 0 Å². The van der Waals surface area contributed by atoms with E-state index in [0.29, 0.717) is 11.8 Å². The van der Waals surface area contributed by atoms with Crippen molar-refractivity contribution in [2.24, 2.45) is 17.6 Å². The van der Waals surface area contributed by atoms with Crippen molar-refractivity contribution in [2.75, 3.05) is 0 Å². The van der Waals surface area contributed by atoms with E-state index in [1.165, 1.54) is 0 Å². The van der Waals surface area contributed by atoms with Crippen LogP contribution in [-0.4, -0.2) is 5.54 Å². The molecule has 0 aromatic carbocycles. The smallest absolute Gasteiger partial charge is 0.0224 e. The van der Waals surface area contributed by atoms with E-state index in [-0.39, 0.29) is 5.54 Å². The molecule has 0 bridgehead atoms.